The summed E-state index contributed by atoms with van der Waals surface area (Å²) in [7, 11) is 0. The molecule has 0 spiro atoms. The van der Waals surface area contributed by atoms with Gasteiger partial charge >= 0.3 is 0 Å². The number of nitrogens with zero attached hydrogens (tertiary/aromatic N) is 1. The molecular weight excluding hydrogens is 405 g/mol. The van der Waals surface area contributed by atoms with Gasteiger partial charge in [-0.1, -0.05) is 42.3 Å². The van der Waals surface area contributed by atoms with Crippen LogP contribution in [0.5, 0.6) is 0 Å². The van der Waals surface area contributed by atoms with Crippen molar-refractivity contribution in [3.8, 4) is 0 Å². The molecule has 0 aliphatic carbocycles. The topological polar surface area (TPSA) is 61.4 Å². The van der Waals surface area contributed by atoms with Gasteiger partial charge in [0.1, 0.15) is 5.82 Å². The lowest BCUT2D eigenvalue weighted by Gasteiger charge is -2.48. The van der Waals surface area contributed by atoms with Crippen LogP contribution in [0.25, 0.3) is 0 Å². The summed E-state index contributed by atoms with van der Waals surface area (Å²) in [6.07, 6.45) is 4.61. The first-order valence-electron chi connectivity index (χ1n) is 10.4. The van der Waals surface area contributed by atoms with Crippen molar-refractivity contribution in [2.45, 2.75) is 50.2 Å². The first kappa shape index (κ1) is 20.8. The maximum atomic E-state index is 13.9. The predicted octanol–water partition coefficient (Wildman–Crippen LogP) is 4.23. The van der Waals surface area contributed by atoms with Gasteiger partial charge in [0.2, 0.25) is 5.91 Å². The summed E-state index contributed by atoms with van der Waals surface area (Å²) in [4.78, 5) is 27.4. The van der Waals surface area contributed by atoms with Crippen LogP contribution >= 0.6 is 11.6 Å². The molecular formula is C23H25ClFN3O2. The number of amides is 2. The van der Waals surface area contributed by atoms with Crippen molar-refractivity contribution in [2.75, 3.05) is 11.9 Å². The van der Waals surface area contributed by atoms with Crippen molar-refractivity contribution >= 4 is 29.1 Å². The zero-order chi connectivity index (χ0) is 21.1. The number of nitrogens with one attached hydrogen (secondary N) is 2. The number of carbonyl (C=O) groups excluding carboxylic acids is 2. The van der Waals surface area contributed by atoms with Gasteiger partial charge in [0, 0.05) is 18.1 Å². The van der Waals surface area contributed by atoms with Crippen LogP contribution in [0.15, 0.2) is 48.5 Å². The number of fused-ring (bicyclic) bond motifs is 2. The second-order valence-corrected chi connectivity index (χ2v) is 8.47. The molecule has 158 valence electrons. The van der Waals surface area contributed by atoms with Crippen LogP contribution in [0.1, 0.15) is 42.5 Å². The van der Waals surface area contributed by atoms with Gasteiger partial charge in [-0.15, -0.1) is 0 Å². The van der Waals surface area contributed by atoms with E-state index in [9.17, 15) is 14.0 Å². The van der Waals surface area contributed by atoms with E-state index in [0.717, 1.165) is 32.1 Å². The van der Waals surface area contributed by atoms with Crippen LogP contribution in [-0.2, 0) is 4.79 Å². The number of hydrogen-bond donors (Lipinski definition) is 2. The normalized spacial score (nSPS) is 23.6. The molecule has 2 heterocycles. The maximum absolute atomic E-state index is 13.9. The molecule has 2 aliphatic heterocycles. The Morgan fingerprint density at radius 2 is 1.70 bits per heavy atom. The molecule has 2 amide bonds. The lowest BCUT2D eigenvalue weighted by molar-refractivity contribution is -0.120. The molecule has 5 nitrogen and oxygen atoms in total. The number of halogens is 2. The highest BCUT2D eigenvalue weighted by Crippen LogP contribution is 2.34. The standard InChI is InChI=1S/C23H25ClFN3O2/c24-19-9-2-4-11-21(19)27-22(29)14-28-16-6-5-7-17(28)13-15(12-16)26-23(30)18-8-1-3-10-20(18)25/h1-4,8-11,15-17H,5-7,12-14H2,(H,26,30)(H,27,29). The Morgan fingerprint density at radius 1 is 1.03 bits per heavy atom. The fourth-order valence-corrected chi connectivity index (χ4v) is 4.86. The zero-order valence-electron chi connectivity index (χ0n) is 16.6. The lowest BCUT2D eigenvalue weighted by Crippen LogP contribution is -2.58. The molecule has 2 aromatic carbocycles. The summed E-state index contributed by atoms with van der Waals surface area (Å²) in [5.41, 5.74) is 0.686. The van der Waals surface area contributed by atoms with Gasteiger partial charge in [-0.05, 0) is 49.9 Å². The summed E-state index contributed by atoms with van der Waals surface area (Å²) in [5, 5.41) is 6.41. The molecule has 2 aliphatic rings. The van der Waals surface area contributed by atoms with E-state index in [2.05, 4.69) is 15.5 Å². The van der Waals surface area contributed by atoms with Crippen LogP contribution in [0.2, 0.25) is 5.02 Å². The number of para-hydroxylation sites is 1. The molecule has 2 bridgehead atoms. The van der Waals surface area contributed by atoms with Gasteiger partial charge in [-0.2, -0.15) is 0 Å². The Balaban J connectivity index is 1.38. The van der Waals surface area contributed by atoms with E-state index < -0.39 is 5.82 Å². The van der Waals surface area contributed by atoms with E-state index in [1.165, 1.54) is 12.1 Å². The second kappa shape index (κ2) is 9.14. The van der Waals surface area contributed by atoms with Crippen LogP contribution in [0.4, 0.5) is 10.1 Å². The van der Waals surface area contributed by atoms with Crippen molar-refractivity contribution in [1.29, 1.82) is 0 Å². The number of carbonyl (C=O) groups is 2. The average Bonchev–Trinajstić information content (AvgIpc) is 2.70. The Hall–Kier alpha value is -2.44. The highest BCUT2D eigenvalue weighted by molar-refractivity contribution is 6.33. The first-order valence-corrected chi connectivity index (χ1v) is 10.7. The van der Waals surface area contributed by atoms with Gasteiger partial charge < -0.3 is 10.6 Å². The Morgan fingerprint density at radius 3 is 2.40 bits per heavy atom. The number of hydrogen-bond acceptors (Lipinski definition) is 3. The average molecular weight is 430 g/mol. The smallest absolute Gasteiger partial charge is 0.254 e. The van der Waals surface area contributed by atoms with E-state index in [1.54, 1.807) is 24.3 Å². The monoisotopic (exact) mass is 429 g/mol. The first-order chi connectivity index (χ1) is 14.5. The number of anilines is 1. The minimum atomic E-state index is -0.510. The molecule has 2 N–H and O–H groups in total. The van der Waals surface area contributed by atoms with Gasteiger partial charge in [-0.3, -0.25) is 14.5 Å². The summed E-state index contributed by atoms with van der Waals surface area (Å²) >= 11 is 6.14. The van der Waals surface area contributed by atoms with Gasteiger partial charge in [-0.25, -0.2) is 4.39 Å². The molecule has 2 unspecified atom stereocenters. The largest absolute Gasteiger partial charge is 0.349 e. The Kier molecular flexibility index (Phi) is 6.35. The third-order valence-electron chi connectivity index (χ3n) is 6.05. The summed E-state index contributed by atoms with van der Waals surface area (Å²) in [6, 6.07) is 13.6. The highest BCUT2D eigenvalue weighted by Gasteiger charge is 2.39. The molecule has 7 heteroatoms. The van der Waals surface area contributed by atoms with Crippen LogP contribution in [0, 0.1) is 5.82 Å². The fraction of sp³-hybridized carbons (Fsp3) is 0.391. The number of piperidine rings is 2. The minimum Gasteiger partial charge on any atom is -0.349 e. The fourth-order valence-electron chi connectivity index (χ4n) is 4.68. The highest BCUT2D eigenvalue weighted by atomic mass is 35.5. The maximum Gasteiger partial charge on any atom is 0.254 e. The lowest BCUT2D eigenvalue weighted by atomic mass is 9.81. The van der Waals surface area contributed by atoms with E-state index in [4.69, 9.17) is 11.6 Å². The quantitative estimate of drug-likeness (QED) is 0.747. The molecule has 0 saturated carbocycles. The van der Waals surface area contributed by atoms with Crippen molar-refractivity contribution < 1.29 is 14.0 Å². The predicted molar refractivity (Wildman–Crippen MR) is 115 cm³/mol. The molecule has 0 aromatic heterocycles. The molecule has 0 radical (unpaired) electrons. The van der Waals surface area contributed by atoms with E-state index in [1.807, 2.05) is 12.1 Å². The zero-order valence-corrected chi connectivity index (χ0v) is 17.4. The SMILES string of the molecule is O=C(CN1C2CCCC1CC(NC(=O)c1ccccc1F)C2)Nc1ccccc1Cl. The second-order valence-electron chi connectivity index (χ2n) is 8.06. The third kappa shape index (κ3) is 4.65. The van der Waals surface area contributed by atoms with E-state index in [-0.39, 0.29) is 35.5 Å². The third-order valence-corrected chi connectivity index (χ3v) is 6.38. The van der Waals surface area contributed by atoms with Crippen molar-refractivity contribution in [3.63, 3.8) is 0 Å². The van der Waals surface area contributed by atoms with Gasteiger partial charge in [0.25, 0.3) is 5.91 Å². The van der Waals surface area contributed by atoms with Gasteiger partial charge in [0.15, 0.2) is 0 Å². The molecule has 4 rings (SSSR count). The van der Waals surface area contributed by atoms with E-state index in [0.29, 0.717) is 17.3 Å². The van der Waals surface area contributed by atoms with Crippen molar-refractivity contribution in [2.24, 2.45) is 0 Å². The molecule has 2 aromatic rings. The molecule has 30 heavy (non-hydrogen) atoms. The van der Waals surface area contributed by atoms with Gasteiger partial charge in [0.05, 0.1) is 22.8 Å². The summed E-state index contributed by atoms with van der Waals surface area (Å²) in [5.74, 6) is -0.973. The van der Waals surface area contributed by atoms with Crippen LogP contribution in [0.3, 0.4) is 0 Å². The summed E-state index contributed by atoms with van der Waals surface area (Å²) < 4.78 is 13.9. The van der Waals surface area contributed by atoms with Crippen molar-refractivity contribution in [1.82, 2.24) is 10.2 Å². The van der Waals surface area contributed by atoms with E-state index >= 15 is 0 Å². The minimum absolute atomic E-state index is 0.0183. The molecule has 2 atom stereocenters. The Labute approximate surface area is 180 Å². The number of benzene rings is 2. The molecule has 2 fully saturated rings. The summed E-state index contributed by atoms with van der Waals surface area (Å²) in [6.45, 7) is 0.300. The van der Waals surface area contributed by atoms with Crippen LogP contribution in [-0.4, -0.2) is 41.4 Å². The Bertz CT molecular complexity index is 924. The number of rotatable bonds is 5. The van der Waals surface area contributed by atoms with Crippen molar-refractivity contribution in [3.05, 3.63) is 64.9 Å². The van der Waals surface area contributed by atoms with Crippen LogP contribution < -0.4 is 10.6 Å². The molecule has 2 saturated heterocycles.